The van der Waals surface area contributed by atoms with Crippen LogP contribution in [0.2, 0.25) is 0 Å². The van der Waals surface area contributed by atoms with E-state index in [9.17, 15) is 17.8 Å². The molecule has 1 aromatic heterocycles. The Balaban J connectivity index is 1.72. The molecular formula is C22H26F2N4O3S. The van der Waals surface area contributed by atoms with Crippen LogP contribution in [0.15, 0.2) is 35.5 Å². The van der Waals surface area contributed by atoms with E-state index in [0.717, 1.165) is 38.2 Å². The van der Waals surface area contributed by atoms with E-state index in [-0.39, 0.29) is 22.1 Å². The number of amides is 1. The number of aromatic nitrogens is 1. The molecular weight excluding hydrogens is 438 g/mol. The van der Waals surface area contributed by atoms with Gasteiger partial charge in [0.05, 0.1) is 22.5 Å². The first kappa shape index (κ1) is 22.4. The van der Waals surface area contributed by atoms with E-state index < -0.39 is 27.4 Å². The molecule has 32 heavy (non-hydrogen) atoms. The van der Waals surface area contributed by atoms with Crippen LogP contribution in [-0.2, 0) is 14.5 Å². The normalized spacial score (nSPS) is 21.5. The minimum absolute atomic E-state index is 0.0800. The van der Waals surface area contributed by atoms with E-state index in [4.69, 9.17) is 9.52 Å². The number of carbonyl (C=O) groups is 1. The first-order chi connectivity index (χ1) is 15.2. The third-order valence-corrected chi connectivity index (χ3v) is 7.56. The summed E-state index contributed by atoms with van der Waals surface area (Å²) in [6.45, 7) is 0.511. The van der Waals surface area contributed by atoms with E-state index in [0.29, 0.717) is 17.9 Å². The summed E-state index contributed by atoms with van der Waals surface area (Å²) in [6.07, 6.45) is 7.16. The number of nitrogens with one attached hydrogen (secondary N) is 2. The Morgan fingerprint density at radius 2 is 2.00 bits per heavy atom. The molecule has 0 radical (unpaired) electrons. The minimum atomic E-state index is -3.04. The van der Waals surface area contributed by atoms with Crippen molar-refractivity contribution in [2.45, 2.75) is 43.2 Å². The van der Waals surface area contributed by atoms with Crippen LogP contribution < -0.4 is 15.0 Å². The van der Waals surface area contributed by atoms with Crippen molar-refractivity contribution in [1.82, 2.24) is 4.98 Å². The Bertz CT molecular complexity index is 1150. The maximum Gasteiger partial charge on any atom is 0.247 e. The van der Waals surface area contributed by atoms with Crippen molar-refractivity contribution in [3.63, 3.8) is 0 Å². The predicted molar refractivity (Wildman–Crippen MR) is 117 cm³/mol. The highest BCUT2D eigenvalue weighted by atomic mass is 32.2. The first-order valence-electron chi connectivity index (χ1n) is 10.5. The van der Waals surface area contributed by atoms with Gasteiger partial charge in [0.1, 0.15) is 11.1 Å². The fraction of sp³-hybridized carbons (Fsp3) is 0.455. The van der Waals surface area contributed by atoms with Gasteiger partial charge in [-0.3, -0.25) is 4.79 Å². The number of benzene rings is 1. The van der Waals surface area contributed by atoms with Crippen LogP contribution in [0.3, 0.4) is 0 Å². The molecule has 7 nitrogen and oxygen atoms in total. The summed E-state index contributed by atoms with van der Waals surface area (Å²) in [4.78, 5) is 19.3. The summed E-state index contributed by atoms with van der Waals surface area (Å²) < 4.78 is 53.2. The topological polar surface area (TPSA) is 95.4 Å². The van der Waals surface area contributed by atoms with Gasteiger partial charge in [-0.15, -0.1) is 0 Å². The molecule has 1 aliphatic carbocycles. The number of rotatable bonds is 5. The summed E-state index contributed by atoms with van der Waals surface area (Å²) in [5, 5.41) is 2.95. The number of hydrogen-bond acceptors (Lipinski definition) is 6. The van der Waals surface area contributed by atoms with Crippen molar-refractivity contribution in [1.29, 1.82) is 4.78 Å². The number of nitrogens with zero attached hydrogens (tertiary/aromatic N) is 2. The number of hydrogen-bond donors (Lipinski definition) is 2. The highest BCUT2D eigenvalue weighted by Crippen LogP contribution is 2.52. The standard InChI is InChI=1S/C22H26F2N4O3S/c1-31-19-16(6-5-15(23)18(19)24)28-12-10-22(8-3-4-9-22)20(28)21(29)27-14-7-11-26-17(13-14)32(2,25)30/h5-7,11,13,20,25H,3-4,8-10,12H2,1-2H3,(H,26,27,29)/t20-,32+/m0/s1. The molecule has 0 unspecified atom stereocenters. The van der Waals surface area contributed by atoms with Crippen molar-refractivity contribution in [3.8, 4) is 5.75 Å². The minimum Gasteiger partial charge on any atom is -0.491 e. The van der Waals surface area contributed by atoms with Crippen molar-refractivity contribution in [3.05, 3.63) is 42.1 Å². The Labute approximate surface area is 186 Å². The van der Waals surface area contributed by atoms with Crippen LogP contribution in [0.25, 0.3) is 0 Å². The third-order valence-electron chi connectivity index (χ3n) is 6.53. The Hall–Kier alpha value is -2.75. The number of halogens is 2. The molecule has 1 amide bonds. The molecule has 2 aromatic rings. The quantitative estimate of drug-likeness (QED) is 0.692. The van der Waals surface area contributed by atoms with Gasteiger partial charge in [-0.05, 0) is 43.5 Å². The Kier molecular flexibility index (Phi) is 5.83. The molecule has 2 N–H and O–H groups in total. The van der Waals surface area contributed by atoms with Crippen molar-refractivity contribution < 1.29 is 22.5 Å². The Morgan fingerprint density at radius 3 is 2.66 bits per heavy atom. The lowest BCUT2D eigenvalue weighted by atomic mass is 9.78. The van der Waals surface area contributed by atoms with Crippen LogP contribution >= 0.6 is 0 Å². The average molecular weight is 465 g/mol. The summed E-state index contributed by atoms with van der Waals surface area (Å²) in [6, 6.07) is 4.89. The molecule has 2 atom stereocenters. The first-order valence-corrected chi connectivity index (χ1v) is 12.4. The summed E-state index contributed by atoms with van der Waals surface area (Å²) in [5.74, 6) is -2.60. The number of pyridine rings is 1. The highest BCUT2D eigenvalue weighted by molar-refractivity contribution is 7.91. The monoisotopic (exact) mass is 464 g/mol. The molecule has 172 valence electrons. The molecule has 2 heterocycles. The molecule has 4 rings (SSSR count). The zero-order valence-electron chi connectivity index (χ0n) is 18.0. The van der Waals surface area contributed by atoms with Gasteiger partial charge in [-0.1, -0.05) is 12.8 Å². The van der Waals surface area contributed by atoms with Gasteiger partial charge in [0.2, 0.25) is 11.7 Å². The lowest BCUT2D eigenvalue weighted by Gasteiger charge is -2.35. The maximum atomic E-state index is 14.4. The predicted octanol–water partition coefficient (Wildman–Crippen LogP) is 4.18. The smallest absolute Gasteiger partial charge is 0.247 e. The average Bonchev–Trinajstić information content (AvgIpc) is 3.37. The zero-order chi connectivity index (χ0) is 23.1. The van der Waals surface area contributed by atoms with Crippen molar-refractivity contribution in [2.75, 3.05) is 30.1 Å². The van der Waals surface area contributed by atoms with Crippen LogP contribution in [-0.4, -0.2) is 41.1 Å². The molecule has 1 spiro atoms. The fourth-order valence-corrected chi connectivity index (χ4v) is 5.69. The molecule has 1 saturated heterocycles. The molecule has 2 fully saturated rings. The van der Waals surface area contributed by atoms with E-state index in [1.54, 1.807) is 11.0 Å². The molecule has 1 aliphatic heterocycles. The number of methoxy groups -OCH3 is 1. The largest absolute Gasteiger partial charge is 0.491 e. The fourth-order valence-electron chi connectivity index (χ4n) is 5.07. The number of carbonyl (C=O) groups excluding carboxylic acids is 1. The van der Waals surface area contributed by atoms with E-state index >= 15 is 0 Å². The van der Waals surface area contributed by atoms with Gasteiger partial charge < -0.3 is 15.0 Å². The molecule has 2 aliphatic rings. The van der Waals surface area contributed by atoms with Crippen LogP contribution in [0.1, 0.15) is 32.1 Å². The third kappa shape index (κ3) is 3.92. The van der Waals surface area contributed by atoms with Gasteiger partial charge >= 0.3 is 0 Å². The number of ether oxygens (including phenoxy) is 1. The van der Waals surface area contributed by atoms with E-state index in [1.165, 1.54) is 31.7 Å². The SMILES string of the molecule is COc1c(N2CCC3(CCCC3)[C@@H]2C(=O)Nc2ccnc([S@](C)(=N)=O)c2)ccc(F)c1F. The van der Waals surface area contributed by atoms with Crippen LogP contribution in [0.5, 0.6) is 5.75 Å². The molecule has 1 aromatic carbocycles. The van der Waals surface area contributed by atoms with Gasteiger partial charge in [0, 0.05) is 30.1 Å². The van der Waals surface area contributed by atoms with E-state index in [2.05, 4.69) is 10.3 Å². The molecule has 1 saturated carbocycles. The summed E-state index contributed by atoms with van der Waals surface area (Å²) in [7, 11) is -1.76. The number of anilines is 2. The summed E-state index contributed by atoms with van der Waals surface area (Å²) in [5.41, 5.74) is 0.455. The van der Waals surface area contributed by atoms with E-state index in [1.807, 2.05) is 0 Å². The summed E-state index contributed by atoms with van der Waals surface area (Å²) >= 11 is 0. The zero-order valence-corrected chi connectivity index (χ0v) is 18.8. The lowest BCUT2D eigenvalue weighted by molar-refractivity contribution is -0.119. The van der Waals surface area contributed by atoms with Gasteiger partial charge in [0.25, 0.3) is 0 Å². The van der Waals surface area contributed by atoms with Crippen molar-refractivity contribution >= 4 is 27.0 Å². The second-order valence-corrected chi connectivity index (χ2v) is 10.7. The molecule has 10 heteroatoms. The van der Waals surface area contributed by atoms with Crippen LogP contribution in [0, 0.1) is 21.8 Å². The Morgan fingerprint density at radius 1 is 1.28 bits per heavy atom. The van der Waals surface area contributed by atoms with Gasteiger partial charge in [0.15, 0.2) is 11.6 Å². The van der Waals surface area contributed by atoms with Gasteiger partial charge in [-0.25, -0.2) is 18.4 Å². The maximum absolute atomic E-state index is 14.4. The highest BCUT2D eigenvalue weighted by Gasteiger charge is 2.53. The van der Waals surface area contributed by atoms with Crippen molar-refractivity contribution in [2.24, 2.45) is 5.41 Å². The van der Waals surface area contributed by atoms with Gasteiger partial charge in [-0.2, -0.15) is 4.39 Å². The molecule has 0 bridgehead atoms. The lowest BCUT2D eigenvalue weighted by Crippen LogP contribution is -2.48. The second-order valence-electron chi connectivity index (χ2n) is 8.54. The second kappa shape index (κ2) is 8.31. The van der Waals surface area contributed by atoms with Crippen LogP contribution in [0.4, 0.5) is 20.2 Å².